The van der Waals surface area contributed by atoms with Crippen LogP contribution < -0.4 is 17.0 Å². The molecule has 15 heavy (non-hydrogen) atoms. The largest absolute Gasteiger partial charge is 0.398 e. The van der Waals surface area contributed by atoms with Crippen molar-refractivity contribution < 1.29 is 0 Å². The van der Waals surface area contributed by atoms with E-state index in [9.17, 15) is 0 Å². The van der Waals surface area contributed by atoms with Crippen molar-refractivity contribution >= 4 is 17.3 Å². The average molecular weight is 224 g/mol. The fourth-order valence-corrected chi connectivity index (χ4v) is 1.60. The van der Waals surface area contributed by atoms with E-state index in [1.165, 1.54) is 0 Å². The van der Waals surface area contributed by atoms with Crippen molar-refractivity contribution in [3.63, 3.8) is 0 Å². The molecule has 80 valence electrons. The lowest BCUT2D eigenvalue weighted by Gasteiger charge is -2.17. The monoisotopic (exact) mass is 223 g/mol. The highest BCUT2D eigenvalue weighted by atomic mass is 35.5. The number of halogens is 1. The van der Waals surface area contributed by atoms with E-state index in [0.717, 1.165) is 12.0 Å². The highest BCUT2D eigenvalue weighted by molar-refractivity contribution is 6.30. The van der Waals surface area contributed by atoms with Crippen LogP contribution in [0.15, 0.2) is 18.2 Å². The number of nitrogen functional groups attached to an aromatic ring is 1. The summed E-state index contributed by atoms with van der Waals surface area (Å²) < 4.78 is 0. The minimum absolute atomic E-state index is 0.0293. The minimum atomic E-state index is -0.0293. The maximum absolute atomic E-state index is 5.84. The van der Waals surface area contributed by atoms with E-state index in [1.807, 2.05) is 6.07 Å². The van der Waals surface area contributed by atoms with Crippen molar-refractivity contribution in [2.45, 2.75) is 18.9 Å². The molecule has 1 unspecified atom stereocenters. The molecule has 3 nitrogen and oxygen atoms in total. The number of benzene rings is 1. The van der Waals surface area contributed by atoms with Crippen molar-refractivity contribution in [1.29, 1.82) is 0 Å². The predicted molar refractivity (Wildman–Crippen MR) is 64.0 cm³/mol. The van der Waals surface area contributed by atoms with Gasteiger partial charge in [0, 0.05) is 23.2 Å². The maximum Gasteiger partial charge on any atom is 0.0489 e. The Morgan fingerprint density at radius 3 is 2.80 bits per heavy atom. The van der Waals surface area contributed by atoms with Crippen LogP contribution in [0.3, 0.4) is 0 Å². The SMILES string of the molecule is C#CCCC(NN)c1ccc(Cl)cc1N. The third kappa shape index (κ3) is 3.14. The van der Waals surface area contributed by atoms with E-state index in [1.54, 1.807) is 12.1 Å². The zero-order valence-electron chi connectivity index (χ0n) is 8.33. The van der Waals surface area contributed by atoms with Crippen molar-refractivity contribution in [3.8, 4) is 12.3 Å². The van der Waals surface area contributed by atoms with Crippen LogP contribution in [0, 0.1) is 12.3 Å². The number of nitrogens with two attached hydrogens (primary N) is 2. The molecule has 0 aromatic heterocycles. The highest BCUT2D eigenvalue weighted by Crippen LogP contribution is 2.26. The van der Waals surface area contributed by atoms with E-state index in [2.05, 4.69) is 11.3 Å². The number of terminal acetylenes is 1. The van der Waals surface area contributed by atoms with Gasteiger partial charge >= 0.3 is 0 Å². The van der Waals surface area contributed by atoms with Gasteiger partial charge in [0.1, 0.15) is 0 Å². The summed E-state index contributed by atoms with van der Waals surface area (Å²) in [6.45, 7) is 0. The first-order valence-corrected chi connectivity index (χ1v) is 5.01. The standard InChI is InChI=1S/C11H14ClN3/c1-2-3-4-11(15-14)9-6-5-8(12)7-10(9)13/h1,5-7,11,15H,3-4,13-14H2. The molecule has 0 heterocycles. The Hall–Kier alpha value is -1.21. The van der Waals surface area contributed by atoms with Crippen LogP contribution >= 0.6 is 11.6 Å². The Morgan fingerprint density at radius 2 is 2.27 bits per heavy atom. The first kappa shape index (κ1) is 11.9. The zero-order chi connectivity index (χ0) is 11.3. The average Bonchev–Trinajstić information content (AvgIpc) is 2.21. The van der Waals surface area contributed by atoms with E-state index >= 15 is 0 Å². The summed E-state index contributed by atoms with van der Waals surface area (Å²) in [6, 6.07) is 5.32. The molecule has 5 N–H and O–H groups in total. The number of nitrogens with one attached hydrogen (secondary N) is 1. The topological polar surface area (TPSA) is 64.1 Å². The van der Waals surface area contributed by atoms with Crippen LogP contribution in [0.5, 0.6) is 0 Å². The molecular formula is C11H14ClN3. The number of hydrazine groups is 1. The molecule has 0 spiro atoms. The molecule has 0 bridgehead atoms. The first-order valence-electron chi connectivity index (χ1n) is 4.63. The number of hydrogen-bond acceptors (Lipinski definition) is 3. The van der Waals surface area contributed by atoms with Gasteiger partial charge < -0.3 is 5.73 Å². The molecule has 0 amide bonds. The second-order valence-corrected chi connectivity index (χ2v) is 3.67. The zero-order valence-corrected chi connectivity index (χ0v) is 9.09. The van der Waals surface area contributed by atoms with Crippen molar-refractivity contribution in [2.24, 2.45) is 5.84 Å². The number of hydrogen-bond donors (Lipinski definition) is 3. The molecular weight excluding hydrogens is 210 g/mol. The Morgan fingerprint density at radius 1 is 1.53 bits per heavy atom. The van der Waals surface area contributed by atoms with Crippen LogP contribution in [-0.2, 0) is 0 Å². The van der Waals surface area contributed by atoms with Gasteiger partial charge in [-0.2, -0.15) is 0 Å². The van der Waals surface area contributed by atoms with Gasteiger partial charge in [-0.3, -0.25) is 11.3 Å². The summed E-state index contributed by atoms with van der Waals surface area (Å²) in [5, 5.41) is 0.615. The van der Waals surface area contributed by atoms with Gasteiger partial charge in [-0.1, -0.05) is 17.7 Å². The van der Waals surface area contributed by atoms with Crippen LogP contribution in [-0.4, -0.2) is 0 Å². The molecule has 0 aliphatic rings. The molecule has 1 atom stereocenters. The van der Waals surface area contributed by atoms with Gasteiger partial charge in [0.05, 0.1) is 0 Å². The third-order valence-corrected chi connectivity index (χ3v) is 2.44. The fourth-order valence-electron chi connectivity index (χ4n) is 1.42. The lowest BCUT2D eigenvalue weighted by molar-refractivity contribution is 0.525. The predicted octanol–water partition coefficient (Wildman–Crippen LogP) is 1.84. The van der Waals surface area contributed by atoms with Crippen LogP contribution in [0.2, 0.25) is 5.02 Å². The Labute approximate surface area is 94.8 Å². The van der Waals surface area contributed by atoms with Crippen LogP contribution in [0.1, 0.15) is 24.4 Å². The van der Waals surface area contributed by atoms with Crippen LogP contribution in [0.4, 0.5) is 5.69 Å². The van der Waals surface area contributed by atoms with E-state index in [4.69, 9.17) is 29.6 Å². The van der Waals surface area contributed by atoms with Gasteiger partial charge in [0.2, 0.25) is 0 Å². The fraction of sp³-hybridized carbons (Fsp3) is 0.273. The lowest BCUT2D eigenvalue weighted by atomic mass is 10.0. The normalized spacial score (nSPS) is 12.1. The van der Waals surface area contributed by atoms with Crippen molar-refractivity contribution in [2.75, 3.05) is 5.73 Å². The molecule has 1 aromatic carbocycles. The second kappa shape index (κ2) is 5.62. The van der Waals surface area contributed by atoms with Gasteiger partial charge in [0.15, 0.2) is 0 Å². The summed E-state index contributed by atoms with van der Waals surface area (Å²) in [7, 11) is 0. The molecule has 4 heteroatoms. The Kier molecular flexibility index (Phi) is 4.44. The Bertz CT molecular complexity index is 371. The molecule has 0 radical (unpaired) electrons. The van der Waals surface area contributed by atoms with Crippen LogP contribution in [0.25, 0.3) is 0 Å². The summed E-state index contributed by atoms with van der Waals surface area (Å²) in [5.41, 5.74) is 10.1. The molecule has 0 saturated heterocycles. The highest BCUT2D eigenvalue weighted by Gasteiger charge is 2.11. The first-order chi connectivity index (χ1) is 7.19. The molecule has 1 rings (SSSR count). The second-order valence-electron chi connectivity index (χ2n) is 3.24. The van der Waals surface area contributed by atoms with Crippen molar-refractivity contribution in [3.05, 3.63) is 28.8 Å². The molecule has 0 fully saturated rings. The van der Waals surface area contributed by atoms with E-state index in [-0.39, 0.29) is 6.04 Å². The lowest BCUT2D eigenvalue weighted by Crippen LogP contribution is -2.28. The van der Waals surface area contributed by atoms with E-state index < -0.39 is 0 Å². The van der Waals surface area contributed by atoms with Gasteiger partial charge in [-0.15, -0.1) is 12.3 Å². The minimum Gasteiger partial charge on any atom is -0.398 e. The summed E-state index contributed by atoms with van der Waals surface area (Å²) in [4.78, 5) is 0. The number of rotatable bonds is 4. The molecule has 0 aliphatic carbocycles. The van der Waals surface area contributed by atoms with Gasteiger partial charge in [-0.05, 0) is 24.1 Å². The summed E-state index contributed by atoms with van der Waals surface area (Å²) in [5.74, 6) is 8.02. The maximum atomic E-state index is 5.84. The third-order valence-electron chi connectivity index (χ3n) is 2.20. The van der Waals surface area contributed by atoms with Gasteiger partial charge in [-0.25, -0.2) is 0 Å². The molecule has 1 aromatic rings. The van der Waals surface area contributed by atoms with Crippen molar-refractivity contribution in [1.82, 2.24) is 5.43 Å². The smallest absolute Gasteiger partial charge is 0.0489 e. The summed E-state index contributed by atoms with van der Waals surface area (Å²) >= 11 is 5.81. The van der Waals surface area contributed by atoms with E-state index in [0.29, 0.717) is 17.1 Å². The Balaban J connectivity index is 2.87. The number of anilines is 1. The molecule has 0 saturated carbocycles. The summed E-state index contributed by atoms with van der Waals surface area (Å²) in [6.07, 6.45) is 6.60. The molecule has 0 aliphatic heterocycles. The van der Waals surface area contributed by atoms with Gasteiger partial charge in [0.25, 0.3) is 0 Å². The quantitative estimate of drug-likeness (QED) is 0.316.